The molecule has 0 amide bonds. The number of hydrogen-bond donors (Lipinski definition) is 0. The van der Waals surface area contributed by atoms with Crippen molar-refractivity contribution in [1.82, 2.24) is 0 Å². The van der Waals surface area contributed by atoms with Crippen LogP contribution in [0.4, 0.5) is 11.4 Å². The minimum absolute atomic E-state index is 1.14. The number of rotatable bonds is 6. The zero-order valence-electron chi connectivity index (χ0n) is 11.0. The first-order valence-corrected chi connectivity index (χ1v) is 6.84. The van der Waals surface area contributed by atoms with Gasteiger partial charge in [0.15, 0.2) is 0 Å². The van der Waals surface area contributed by atoms with E-state index in [2.05, 4.69) is 54.6 Å². The second-order valence-electron chi connectivity index (χ2n) is 4.70. The van der Waals surface area contributed by atoms with Gasteiger partial charge in [-0.2, -0.15) is 0 Å². The first-order valence-electron chi connectivity index (χ1n) is 6.84. The van der Waals surface area contributed by atoms with Gasteiger partial charge in [-0.3, -0.25) is 0 Å². The van der Waals surface area contributed by atoms with Crippen LogP contribution >= 0.6 is 0 Å². The molecule has 0 bridgehead atoms. The highest BCUT2D eigenvalue weighted by atomic mass is 15.4. The molecule has 1 aliphatic heterocycles. The largest absolute Gasteiger partial charge is 0.346 e. The molecule has 0 aliphatic carbocycles. The Kier molecular flexibility index (Phi) is 4.29. The van der Waals surface area contributed by atoms with Crippen LogP contribution in [0.15, 0.2) is 24.3 Å². The van der Waals surface area contributed by atoms with E-state index in [1.165, 1.54) is 37.1 Å². The molecule has 0 saturated carbocycles. The lowest BCUT2D eigenvalue weighted by atomic mass is 10.2. The van der Waals surface area contributed by atoms with Crippen LogP contribution in [0.1, 0.15) is 39.5 Å². The van der Waals surface area contributed by atoms with Crippen LogP contribution in [0.3, 0.4) is 0 Å². The van der Waals surface area contributed by atoms with Gasteiger partial charge in [-0.15, -0.1) is 0 Å². The molecule has 0 saturated heterocycles. The molecule has 1 aromatic rings. The monoisotopic (exact) mass is 231 g/mol. The van der Waals surface area contributed by atoms with E-state index in [1.807, 2.05) is 0 Å². The van der Waals surface area contributed by atoms with Crippen molar-refractivity contribution in [3.63, 3.8) is 0 Å². The normalized spacial score (nSPS) is 14.2. The molecule has 0 fully saturated rings. The Bertz CT molecular complexity index is 316. The van der Waals surface area contributed by atoms with Crippen LogP contribution in [0.25, 0.3) is 0 Å². The number of fused-ring (bicyclic) bond motifs is 1. The maximum atomic E-state index is 2.40. The summed E-state index contributed by atoms with van der Waals surface area (Å²) in [5.41, 5.74) is 2.74. The number of hydrogen-bond acceptors (Lipinski definition) is 2. The Morgan fingerprint density at radius 1 is 0.824 bits per heavy atom. The van der Waals surface area contributed by atoms with Crippen molar-refractivity contribution in [2.24, 2.45) is 0 Å². The van der Waals surface area contributed by atoms with Crippen LogP contribution in [-0.4, -0.2) is 13.1 Å². The smallest absolute Gasteiger partial charge is 0.142 e. The van der Waals surface area contributed by atoms with Crippen molar-refractivity contribution in [2.75, 3.05) is 22.9 Å². The number of nitrogens with zero attached hydrogens (tertiary/aromatic N) is 2. The first-order chi connectivity index (χ1) is 8.36. The molecular weight excluding hydrogens is 208 g/mol. The maximum Gasteiger partial charge on any atom is 0.142 e. The third kappa shape index (κ3) is 2.74. The highest BCUT2D eigenvalue weighted by Gasteiger charge is 2.24. The summed E-state index contributed by atoms with van der Waals surface area (Å²) in [4.78, 5) is 4.79. The van der Waals surface area contributed by atoms with E-state index < -0.39 is 0 Å². The van der Waals surface area contributed by atoms with Crippen LogP contribution in [0, 0.1) is 6.67 Å². The van der Waals surface area contributed by atoms with Crippen molar-refractivity contribution in [3.8, 4) is 0 Å². The standard InChI is InChI=1S/C15H23N2/c1-3-5-11-16-13-17(12-6-4-2)15-10-8-7-9-14(15)16/h7-10,13H,3-6,11-12H2,1-2H3. The summed E-state index contributed by atoms with van der Waals surface area (Å²) in [5, 5.41) is 0. The number of anilines is 2. The molecular formula is C15H23N2. The summed E-state index contributed by atoms with van der Waals surface area (Å²) in [6.45, 7) is 9.05. The van der Waals surface area contributed by atoms with Crippen molar-refractivity contribution in [1.29, 1.82) is 0 Å². The molecule has 2 nitrogen and oxygen atoms in total. The van der Waals surface area contributed by atoms with Crippen LogP contribution in [0.2, 0.25) is 0 Å². The second-order valence-corrected chi connectivity index (χ2v) is 4.70. The van der Waals surface area contributed by atoms with Crippen LogP contribution in [-0.2, 0) is 0 Å². The fourth-order valence-electron chi connectivity index (χ4n) is 2.26. The number of benzene rings is 1. The molecule has 17 heavy (non-hydrogen) atoms. The summed E-state index contributed by atoms with van der Waals surface area (Å²) in [6.07, 6.45) is 5.02. The van der Waals surface area contributed by atoms with E-state index in [-0.39, 0.29) is 0 Å². The fourth-order valence-corrected chi connectivity index (χ4v) is 2.26. The molecule has 1 aliphatic rings. The Morgan fingerprint density at radius 3 is 1.71 bits per heavy atom. The lowest BCUT2D eigenvalue weighted by Gasteiger charge is -2.20. The first kappa shape index (κ1) is 12.3. The van der Waals surface area contributed by atoms with Crippen LogP contribution in [0.5, 0.6) is 0 Å². The van der Waals surface area contributed by atoms with Gasteiger partial charge in [0.1, 0.15) is 6.67 Å². The van der Waals surface area contributed by atoms with Crippen LogP contribution < -0.4 is 9.80 Å². The van der Waals surface area contributed by atoms with Gasteiger partial charge in [-0.1, -0.05) is 38.8 Å². The van der Waals surface area contributed by atoms with Gasteiger partial charge < -0.3 is 9.80 Å². The Hall–Kier alpha value is -1.18. The summed E-state index contributed by atoms with van der Waals surface area (Å²) in [7, 11) is 0. The molecule has 0 unspecified atom stereocenters. The molecule has 0 atom stereocenters. The molecule has 2 heteroatoms. The quantitative estimate of drug-likeness (QED) is 0.729. The average Bonchev–Trinajstić information content (AvgIpc) is 2.72. The third-order valence-electron chi connectivity index (χ3n) is 3.28. The minimum atomic E-state index is 1.14. The van der Waals surface area contributed by atoms with Crippen molar-refractivity contribution in [3.05, 3.63) is 30.9 Å². The van der Waals surface area contributed by atoms with Gasteiger partial charge >= 0.3 is 0 Å². The van der Waals surface area contributed by atoms with Gasteiger partial charge in [0.05, 0.1) is 11.4 Å². The van der Waals surface area contributed by atoms with E-state index in [1.54, 1.807) is 0 Å². The lowest BCUT2D eigenvalue weighted by molar-refractivity contribution is 0.731. The summed E-state index contributed by atoms with van der Waals surface area (Å²) in [5.74, 6) is 0. The Balaban J connectivity index is 2.09. The molecule has 93 valence electrons. The molecule has 0 spiro atoms. The predicted molar refractivity (Wildman–Crippen MR) is 75.3 cm³/mol. The summed E-state index contributed by atoms with van der Waals surface area (Å²) >= 11 is 0. The molecule has 0 N–H and O–H groups in total. The van der Waals surface area contributed by atoms with E-state index in [0.717, 1.165) is 13.1 Å². The van der Waals surface area contributed by atoms with Gasteiger partial charge in [0.25, 0.3) is 0 Å². The fraction of sp³-hybridized carbons (Fsp3) is 0.533. The van der Waals surface area contributed by atoms with Gasteiger partial charge in [0.2, 0.25) is 0 Å². The molecule has 2 rings (SSSR count). The SMILES string of the molecule is CCCCN1[CH]N(CCCC)c2ccccc21. The number of unbranched alkanes of at least 4 members (excludes halogenated alkanes) is 2. The minimum Gasteiger partial charge on any atom is -0.346 e. The van der Waals surface area contributed by atoms with E-state index in [9.17, 15) is 0 Å². The molecule has 1 aromatic carbocycles. The van der Waals surface area contributed by atoms with Crippen molar-refractivity contribution >= 4 is 11.4 Å². The molecule has 0 aromatic heterocycles. The van der Waals surface area contributed by atoms with Crippen molar-refractivity contribution < 1.29 is 0 Å². The summed E-state index contributed by atoms with van der Waals surface area (Å²) < 4.78 is 0. The van der Waals surface area contributed by atoms with E-state index in [0.29, 0.717) is 0 Å². The van der Waals surface area contributed by atoms with Gasteiger partial charge in [-0.05, 0) is 25.0 Å². The second kappa shape index (κ2) is 5.95. The Morgan fingerprint density at radius 2 is 1.29 bits per heavy atom. The molecule has 1 heterocycles. The number of para-hydroxylation sites is 2. The molecule has 1 radical (unpaired) electrons. The summed E-state index contributed by atoms with van der Waals surface area (Å²) in [6, 6.07) is 8.73. The Labute approximate surface area is 105 Å². The highest BCUT2D eigenvalue weighted by molar-refractivity contribution is 5.78. The van der Waals surface area contributed by atoms with Crippen molar-refractivity contribution in [2.45, 2.75) is 39.5 Å². The lowest BCUT2D eigenvalue weighted by Crippen LogP contribution is -2.26. The highest BCUT2D eigenvalue weighted by Crippen LogP contribution is 2.37. The van der Waals surface area contributed by atoms with Gasteiger partial charge in [0, 0.05) is 13.1 Å². The third-order valence-corrected chi connectivity index (χ3v) is 3.28. The van der Waals surface area contributed by atoms with E-state index in [4.69, 9.17) is 0 Å². The zero-order chi connectivity index (χ0) is 12.1. The predicted octanol–water partition coefficient (Wildman–Crippen LogP) is 4.03. The van der Waals surface area contributed by atoms with Gasteiger partial charge in [-0.25, -0.2) is 0 Å². The average molecular weight is 231 g/mol. The van der Waals surface area contributed by atoms with E-state index >= 15 is 0 Å². The maximum absolute atomic E-state index is 2.40. The topological polar surface area (TPSA) is 6.48 Å². The zero-order valence-corrected chi connectivity index (χ0v) is 11.0.